The molecule has 24 heavy (non-hydrogen) atoms. The van der Waals surface area contributed by atoms with Crippen LogP contribution in [0.3, 0.4) is 0 Å². The van der Waals surface area contributed by atoms with Gasteiger partial charge in [0, 0.05) is 23.7 Å². The van der Waals surface area contributed by atoms with E-state index in [0.29, 0.717) is 21.7 Å². The molecule has 0 unspecified atom stereocenters. The highest BCUT2D eigenvalue weighted by atomic mass is 35.5. The number of aromatic nitrogens is 1. The maximum atomic E-state index is 12.5. The fraction of sp³-hybridized carbons (Fsp3) is 0.444. The number of carboxylic acids is 1. The summed E-state index contributed by atoms with van der Waals surface area (Å²) in [6.07, 6.45) is 7.94. The SMILES string of the molecule is O=C(O)c1cn(C2CC2)c2cc(OC3CCCC3)c(Cl)cc2c1=O. The minimum Gasteiger partial charge on any atom is -0.489 e. The molecule has 0 aliphatic heterocycles. The molecule has 0 bridgehead atoms. The van der Waals surface area contributed by atoms with Gasteiger partial charge in [-0.25, -0.2) is 4.79 Å². The highest BCUT2D eigenvalue weighted by Crippen LogP contribution is 2.39. The zero-order valence-electron chi connectivity index (χ0n) is 13.1. The lowest BCUT2D eigenvalue weighted by Gasteiger charge is -2.17. The Balaban J connectivity index is 1.88. The molecular weight excluding hydrogens is 330 g/mol. The van der Waals surface area contributed by atoms with Crippen molar-refractivity contribution in [1.82, 2.24) is 4.57 Å². The number of fused-ring (bicyclic) bond motifs is 1. The monoisotopic (exact) mass is 347 g/mol. The Kier molecular flexibility index (Phi) is 3.76. The first-order valence-electron chi connectivity index (χ1n) is 8.33. The molecule has 2 aromatic rings. The van der Waals surface area contributed by atoms with Crippen LogP contribution >= 0.6 is 11.6 Å². The van der Waals surface area contributed by atoms with E-state index in [0.717, 1.165) is 38.5 Å². The molecule has 1 aromatic heterocycles. The van der Waals surface area contributed by atoms with Gasteiger partial charge in [0.05, 0.1) is 16.6 Å². The molecule has 5 nitrogen and oxygen atoms in total. The number of rotatable bonds is 4. The Morgan fingerprint density at radius 1 is 1.21 bits per heavy atom. The van der Waals surface area contributed by atoms with E-state index in [1.165, 1.54) is 6.20 Å². The number of nitrogens with zero attached hydrogens (tertiary/aromatic N) is 1. The molecular formula is C18H18ClNO4. The molecule has 0 radical (unpaired) electrons. The largest absolute Gasteiger partial charge is 0.489 e. The van der Waals surface area contributed by atoms with Crippen molar-refractivity contribution in [2.24, 2.45) is 0 Å². The van der Waals surface area contributed by atoms with Crippen molar-refractivity contribution >= 4 is 28.5 Å². The first kappa shape index (κ1) is 15.5. The van der Waals surface area contributed by atoms with Gasteiger partial charge in [-0.2, -0.15) is 0 Å². The van der Waals surface area contributed by atoms with Crippen LogP contribution in [0, 0.1) is 0 Å². The number of hydrogen-bond donors (Lipinski definition) is 1. The number of carbonyl (C=O) groups is 1. The average molecular weight is 348 g/mol. The van der Waals surface area contributed by atoms with Crippen molar-refractivity contribution in [1.29, 1.82) is 0 Å². The van der Waals surface area contributed by atoms with Crippen molar-refractivity contribution in [3.8, 4) is 5.75 Å². The fourth-order valence-electron chi connectivity index (χ4n) is 3.43. The third-order valence-electron chi connectivity index (χ3n) is 4.85. The molecule has 4 rings (SSSR count). The second-order valence-corrected chi connectivity index (χ2v) is 7.05. The third-order valence-corrected chi connectivity index (χ3v) is 5.15. The summed E-state index contributed by atoms with van der Waals surface area (Å²) >= 11 is 6.31. The summed E-state index contributed by atoms with van der Waals surface area (Å²) in [4.78, 5) is 23.9. The van der Waals surface area contributed by atoms with E-state index < -0.39 is 11.4 Å². The highest BCUT2D eigenvalue weighted by Gasteiger charge is 2.28. The second-order valence-electron chi connectivity index (χ2n) is 6.64. The van der Waals surface area contributed by atoms with Crippen LogP contribution in [-0.4, -0.2) is 21.7 Å². The van der Waals surface area contributed by atoms with Crippen molar-refractivity contribution < 1.29 is 14.6 Å². The Morgan fingerprint density at radius 3 is 2.54 bits per heavy atom. The van der Waals surface area contributed by atoms with Crippen LogP contribution in [0.2, 0.25) is 5.02 Å². The van der Waals surface area contributed by atoms with Crippen molar-refractivity contribution in [2.75, 3.05) is 0 Å². The average Bonchev–Trinajstić information content (AvgIpc) is 3.26. The number of pyridine rings is 1. The molecule has 1 heterocycles. The van der Waals surface area contributed by atoms with Crippen LogP contribution in [0.4, 0.5) is 0 Å². The lowest BCUT2D eigenvalue weighted by Crippen LogP contribution is -2.19. The molecule has 0 amide bonds. The Morgan fingerprint density at radius 2 is 1.92 bits per heavy atom. The standard InChI is InChI=1S/C18H18ClNO4/c19-14-7-12-15(8-16(14)24-11-3-1-2-4-11)20(10-5-6-10)9-13(17(12)21)18(22)23/h7-11H,1-6H2,(H,22,23). The van der Waals surface area contributed by atoms with Gasteiger partial charge in [-0.15, -0.1) is 0 Å². The van der Waals surface area contributed by atoms with Crippen LogP contribution in [0.25, 0.3) is 10.9 Å². The Labute approximate surface area is 143 Å². The molecule has 6 heteroatoms. The van der Waals surface area contributed by atoms with Crippen molar-refractivity contribution in [3.05, 3.63) is 39.1 Å². The minimum atomic E-state index is -1.21. The summed E-state index contributed by atoms with van der Waals surface area (Å²) < 4.78 is 7.91. The summed E-state index contributed by atoms with van der Waals surface area (Å²) in [6, 6.07) is 3.59. The molecule has 2 fully saturated rings. The smallest absolute Gasteiger partial charge is 0.341 e. The molecule has 2 aliphatic rings. The molecule has 126 valence electrons. The Hall–Kier alpha value is -2.01. The Bertz CT molecular complexity index is 879. The van der Waals surface area contributed by atoms with E-state index in [1.54, 1.807) is 12.1 Å². The molecule has 1 aromatic carbocycles. The van der Waals surface area contributed by atoms with Crippen LogP contribution < -0.4 is 10.2 Å². The first-order chi connectivity index (χ1) is 11.5. The topological polar surface area (TPSA) is 68.5 Å². The zero-order chi connectivity index (χ0) is 16.8. The van der Waals surface area contributed by atoms with E-state index in [1.807, 2.05) is 4.57 Å². The third kappa shape index (κ3) is 2.67. The number of aromatic carboxylic acids is 1. The molecule has 2 aliphatic carbocycles. The minimum absolute atomic E-state index is 0.166. The van der Waals surface area contributed by atoms with Gasteiger partial charge in [-0.1, -0.05) is 11.6 Å². The fourth-order valence-corrected chi connectivity index (χ4v) is 3.64. The molecule has 1 N–H and O–H groups in total. The number of halogens is 1. The van der Waals surface area contributed by atoms with Gasteiger partial charge in [0.1, 0.15) is 11.3 Å². The predicted molar refractivity (Wildman–Crippen MR) is 91.3 cm³/mol. The first-order valence-corrected chi connectivity index (χ1v) is 8.71. The van der Waals surface area contributed by atoms with Crippen molar-refractivity contribution in [3.63, 3.8) is 0 Å². The van der Waals surface area contributed by atoms with Crippen LogP contribution in [0.15, 0.2) is 23.1 Å². The van der Waals surface area contributed by atoms with Gasteiger partial charge < -0.3 is 14.4 Å². The maximum absolute atomic E-state index is 12.5. The van der Waals surface area contributed by atoms with Gasteiger partial charge in [0.15, 0.2) is 0 Å². The number of hydrogen-bond acceptors (Lipinski definition) is 3. The summed E-state index contributed by atoms with van der Waals surface area (Å²) in [6.45, 7) is 0. The van der Waals surface area contributed by atoms with E-state index >= 15 is 0 Å². The summed E-state index contributed by atoms with van der Waals surface area (Å²) in [7, 11) is 0. The zero-order valence-corrected chi connectivity index (χ0v) is 13.9. The molecule has 0 atom stereocenters. The van der Waals surface area contributed by atoms with Crippen LogP contribution in [-0.2, 0) is 0 Å². The van der Waals surface area contributed by atoms with Gasteiger partial charge in [0.25, 0.3) is 0 Å². The van der Waals surface area contributed by atoms with Gasteiger partial charge in [-0.05, 0) is 44.6 Å². The normalized spacial score (nSPS) is 18.2. The van der Waals surface area contributed by atoms with Gasteiger partial charge >= 0.3 is 5.97 Å². The van der Waals surface area contributed by atoms with E-state index in [4.69, 9.17) is 16.3 Å². The van der Waals surface area contributed by atoms with Gasteiger partial charge in [0.2, 0.25) is 5.43 Å². The van der Waals surface area contributed by atoms with Crippen molar-refractivity contribution in [2.45, 2.75) is 50.7 Å². The van der Waals surface area contributed by atoms with E-state index in [2.05, 4.69) is 0 Å². The number of carboxylic acid groups (broad SMARTS) is 1. The maximum Gasteiger partial charge on any atom is 0.341 e. The highest BCUT2D eigenvalue weighted by molar-refractivity contribution is 6.32. The van der Waals surface area contributed by atoms with Crippen LogP contribution in [0.5, 0.6) is 5.75 Å². The number of benzene rings is 1. The van der Waals surface area contributed by atoms with E-state index in [-0.39, 0.29) is 17.7 Å². The molecule has 0 saturated heterocycles. The quantitative estimate of drug-likeness (QED) is 0.907. The lowest BCUT2D eigenvalue weighted by atomic mass is 10.1. The van der Waals surface area contributed by atoms with Gasteiger partial charge in [-0.3, -0.25) is 4.79 Å². The predicted octanol–water partition coefficient (Wildman–Crippen LogP) is 4.01. The van der Waals surface area contributed by atoms with E-state index in [9.17, 15) is 14.7 Å². The summed E-state index contributed by atoms with van der Waals surface area (Å²) in [5.41, 5.74) is -0.0106. The second kappa shape index (κ2) is 5.81. The lowest BCUT2D eigenvalue weighted by molar-refractivity contribution is 0.0695. The molecule has 0 spiro atoms. The van der Waals surface area contributed by atoms with Crippen LogP contribution in [0.1, 0.15) is 54.9 Å². The number of ether oxygens (including phenoxy) is 1. The summed E-state index contributed by atoms with van der Waals surface area (Å²) in [5, 5.41) is 9.99. The molecule has 2 saturated carbocycles. The summed E-state index contributed by atoms with van der Waals surface area (Å²) in [5.74, 6) is -0.633.